The number of carbonyl (C=O) groups excluding carboxylic acids is 1. The van der Waals surface area contributed by atoms with Gasteiger partial charge in [0.05, 0.1) is 23.7 Å². The van der Waals surface area contributed by atoms with Crippen molar-refractivity contribution in [2.45, 2.75) is 31.2 Å². The molecule has 0 radical (unpaired) electrons. The molecule has 0 heterocycles. The molecule has 0 saturated heterocycles. The molecule has 0 aliphatic rings. The third-order valence-electron chi connectivity index (χ3n) is 5.20. The second-order valence-corrected chi connectivity index (χ2v) is 9.32. The highest BCUT2D eigenvalue weighted by Crippen LogP contribution is 2.25. The molecule has 7 heteroatoms. The van der Waals surface area contributed by atoms with Gasteiger partial charge in [0.1, 0.15) is 12.3 Å². The van der Waals surface area contributed by atoms with Crippen LogP contribution in [0.25, 0.3) is 0 Å². The molecule has 0 spiro atoms. The van der Waals surface area contributed by atoms with E-state index >= 15 is 0 Å². The predicted octanol–water partition coefficient (Wildman–Crippen LogP) is 4.47. The Bertz CT molecular complexity index is 1130. The monoisotopic (exact) mass is 452 g/mol. The second-order valence-electron chi connectivity index (χ2n) is 7.46. The molecule has 0 aliphatic heterocycles. The summed E-state index contributed by atoms with van der Waals surface area (Å²) >= 11 is 0. The summed E-state index contributed by atoms with van der Waals surface area (Å²) in [4.78, 5) is 13.1. The molecule has 0 aromatic heterocycles. The van der Waals surface area contributed by atoms with Crippen LogP contribution in [0.15, 0.2) is 83.8 Å². The molecule has 0 fully saturated rings. The topological polar surface area (TPSA) is 75.7 Å². The maximum Gasteiger partial charge on any atom is 0.264 e. The highest BCUT2D eigenvalue weighted by atomic mass is 32.2. The Morgan fingerprint density at radius 2 is 1.59 bits per heavy atom. The smallest absolute Gasteiger partial charge is 0.264 e. The van der Waals surface area contributed by atoms with Gasteiger partial charge in [0, 0.05) is 0 Å². The fraction of sp³-hybridized carbons (Fsp3) is 0.240. The third kappa shape index (κ3) is 5.48. The zero-order valence-electron chi connectivity index (χ0n) is 18.5. The summed E-state index contributed by atoms with van der Waals surface area (Å²) in [6.07, 6.45) is 0.686. The van der Waals surface area contributed by atoms with Crippen LogP contribution >= 0.6 is 0 Å². The zero-order chi connectivity index (χ0) is 23.1. The van der Waals surface area contributed by atoms with E-state index in [1.165, 1.54) is 19.2 Å². The van der Waals surface area contributed by atoms with Crippen LogP contribution in [-0.2, 0) is 14.8 Å². The fourth-order valence-corrected chi connectivity index (χ4v) is 4.80. The maximum absolute atomic E-state index is 13.4. The van der Waals surface area contributed by atoms with Gasteiger partial charge in [0.2, 0.25) is 5.91 Å². The molecule has 32 heavy (non-hydrogen) atoms. The molecular formula is C25H28N2O4S. The van der Waals surface area contributed by atoms with Gasteiger partial charge in [-0.05, 0) is 55.3 Å². The molecular weight excluding hydrogens is 424 g/mol. The van der Waals surface area contributed by atoms with E-state index in [-0.39, 0.29) is 23.4 Å². The summed E-state index contributed by atoms with van der Waals surface area (Å²) in [5, 5.41) is 2.98. The van der Waals surface area contributed by atoms with Crippen LogP contribution in [-0.4, -0.2) is 28.0 Å². The van der Waals surface area contributed by atoms with Crippen LogP contribution in [0.2, 0.25) is 0 Å². The van der Waals surface area contributed by atoms with Crippen molar-refractivity contribution in [2.75, 3.05) is 18.0 Å². The van der Waals surface area contributed by atoms with Gasteiger partial charge in [-0.25, -0.2) is 8.42 Å². The number of sulfonamides is 1. The number of aryl methyl sites for hydroxylation is 1. The molecule has 0 bridgehead atoms. The number of hydrogen-bond acceptors (Lipinski definition) is 4. The van der Waals surface area contributed by atoms with E-state index in [9.17, 15) is 13.2 Å². The van der Waals surface area contributed by atoms with Crippen molar-refractivity contribution in [3.05, 3.63) is 90.0 Å². The van der Waals surface area contributed by atoms with Crippen LogP contribution in [0.1, 0.15) is 30.5 Å². The van der Waals surface area contributed by atoms with E-state index in [1.807, 2.05) is 38.1 Å². The molecule has 0 unspecified atom stereocenters. The Labute approximate surface area is 189 Å². The van der Waals surface area contributed by atoms with Crippen LogP contribution in [0.5, 0.6) is 5.75 Å². The first-order chi connectivity index (χ1) is 15.3. The van der Waals surface area contributed by atoms with E-state index in [0.717, 1.165) is 15.4 Å². The van der Waals surface area contributed by atoms with Crippen molar-refractivity contribution in [1.29, 1.82) is 0 Å². The number of hydrogen-bond donors (Lipinski definition) is 1. The van der Waals surface area contributed by atoms with Gasteiger partial charge in [-0.1, -0.05) is 55.0 Å². The zero-order valence-corrected chi connectivity index (χ0v) is 19.3. The molecule has 6 nitrogen and oxygen atoms in total. The number of amides is 1. The molecule has 1 atom stereocenters. The number of nitrogens with zero attached hydrogens (tertiary/aromatic N) is 1. The Morgan fingerprint density at radius 1 is 0.969 bits per heavy atom. The first kappa shape index (κ1) is 23.3. The molecule has 168 valence electrons. The summed E-state index contributed by atoms with van der Waals surface area (Å²) in [5.74, 6) is 0.176. The Kier molecular flexibility index (Phi) is 7.53. The lowest BCUT2D eigenvalue weighted by Gasteiger charge is -2.25. The lowest BCUT2D eigenvalue weighted by atomic mass is 10.0. The SMILES string of the molecule is CC[C@@H](NC(=O)CN(c1ccccc1)S(=O)(=O)c1ccc(OC)cc1)c1ccc(C)cc1. The maximum atomic E-state index is 13.4. The minimum absolute atomic E-state index is 0.0838. The number of anilines is 1. The fourth-order valence-electron chi connectivity index (χ4n) is 3.37. The molecule has 3 aromatic rings. The third-order valence-corrected chi connectivity index (χ3v) is 6.99. The molecule has 3 rings (SSSR count). The second kappa shape index (κ2) is 10.3. The molecule has 3 aromatic carbocycles. The Morgan fingerprint density at radius 3 is 2.16 bits per heavy atom. The predicted molar refractivity (Wildman–Crippen MR) is 126 cm³/mol. The number of rotatable bonds is 9. The quantitative estimate of drug-likeness (QED) is 0.520. The van der Waals surface area contributed by atoms with E-state index in [0.29, 0.717) is 17.9 Å². The highest BCUT2D eigenvalue weighted by molar-refractivity contribution is 7.92. The number of nitrogens with one attached hydrogen (secondary N) is 1. The largest absolute Gasteiger partial charge is 0.497 e. The molecule has 1 amide bonds. The van der Waals surface area contributed by atoms with Crippen molar-refractivity contribution < 1.29 is 17.9 Å². The van der Waals surface area contributed by atoms with Crippen LogP contribution in [0, 0.1) is 6.92 Å². The standard InChI is InChI=1S/C25H28N2O4S/c1-4-24(20-12-10-19(2)11-13-20)26-25(28)18-27(21-8-6-5-7-9-21)32(29,30)23-16-14-22(31-3)15-17-23/h5-17,24H,4,18H2,1-3H3,(H,26,28)/t24-/m1/s1. The van der Waals surface area contributed by atoms with E-state index < -0.39 is 10.0 Å². The van der Waals surface area contributed by atoms with Gasteiger partial charge in [0.25, 0.3) is 10.0 Å². The summed E-state index contributed by atoms with van der Waals surface area (Å²) in [7, 11) is -2.45. The normalized spacial score (nSPS) is 12.1. The lowest BCUT2D eigenvalue weighted by Crippen LogP contribution is -2.42. The van der Waals surface area contributed by atoms with Crippen LogP contribution < -0.4 is 14.4 Å². The van der Waals surface area contributed by atoms with E-state index in [4.69, 9.17) is 4.74 Å². The van der Waals surface area contributed by atoms with Gasteiger partial charge in [0.15, 0.2) is 0 Å². The van der Waals surface area contributed by atoms with Gasteiger partial charge in [-0.15, -0.1) is 0 Å². The number of methoxy groups -OCH3 is 1. The lowest BCUT2D eigenvalue weighted by molar-refractivity contribution is -0.120. The van der Waals surface area contributed by atoms with Crippen molar-refractivity contribution in [3.8, 4) is 5.75 Å². The van der Waals surface area contributed by atoms with Gasteiger partial charge in [-0.3, -0.25) is 9.10 Å². The van der Waals surface area contributed by atoms with Gasteiger partial charge in [-0.2, -0.15) is 0 Å². The minimum atomic E-state index is -3.97. The summed E-state index contributed by atoms with van der Waals surface area (Å²) in [6.45, 7) is 3.65. The number of benzene rings is 3. The Hall–Kier alpha value is -3.32. The summed E-state index contributed by atoms with van der Waals surface area (Å²) in [5.41, 5.74) is 2.54. The van der Waals surface area contributed by atoms with E-state index in [1.54, 1.807) is 42.5 Å². The van der Waals surface area contributed by atoms with Crippen molar-refractivity contribution in [3.63, 3.8) is 0 Å². The van der Waals surface area contributed by atoms with E-state index in [2.05, 4.69) is 5.32 Å². The Balaban J connectivity index is 1.87. The summed E-state index contributed by atoms with van der Waals surface area (Å²) in [6, 6.07) is 22.5. The average Bonchev–Trinajstić information content (AvgIpc) is 2.82. The number of ether oxygens (including phenoxy) is 1. The van der Waals surface area contributed by atoms with Crippen molar-refractivity contribution >= 4 is 21.6 Å². The van der Waals surface area contributed by atoms with Gasteiger partial charge < -0.3 is 10.1 Å². The molecule has 0 saturated carbocycles. The van der Waals surface area contributed by atoms with Crippen molar-refractivity contribution in [2.24, 2.45) is 0 Å². The average molecular weight is 453 g/mol. The molecule has 1 N–H and O–H groups in total. The van der Waals surface area contributed by atoms with Crippen LogP contribution in [0.4, 0.5) is 5.69 Å². The minimum Gasteiger partial charge on any atom is -0.497 e. The number of para-hydroxylation sites is 1. The highest BCUT2D eigenvalue weighted by Gasteiger charge is 2.28. The van der Waals surface area contributed by atoms with Gasteiger partial charge >= 0.3 is 0 Å². The van der Waals surface area contributed by atoms with Crippen LogP contribution in [0.3, 0.4) is 0 Å². The molecule has 0 aliphatic carbocycles. The first-order valence-electron chi connectivity index (χ1n) is 10.4. The van der Waals surface area contributed by atoms with Crippen molar-refractivity contribution in [1.82, 2.24) is 5.32 Å². The first-order valence-corrected chi connectivity index (χ1v) is 11.9. The summed E-state index contributed by atoms with van der Waals surface area (Å²) < 4.78 is 33.1. The number of carbonyl (C=O) groups is 1.